The zero-order valence-corrected chi connectivity index (χ0v) is 10.3. The molecule has 0 saturated heterocycles. The summed E-state index contributed by atoms with van der Waals surface area (Å²) in [6.45, 7) is 4.91. The van der Waals surface area contributed by atoms with Gasteiger partial charge in [-0.25, -0.2) is 0 Å². The minimum absolute atomic E-state index is 0.613. The van der Waals surface area contributed by atoms with Crippen molar-refractivity contribution in [2.45, 2.75) is 47.0 Å². The van der Waals surface area contributed by atoms with Crippen LogP contribution < -0.4 is 0 Å². The average molecular weight is 262 g/mol. The summed E-state index contributed by atoms with van der Waals surface area (Å²) in [5.74, 6) is -0.826. The van der Waals surface area contributed by atoms with E-state index in [9.17, 15) is 26.3 Å². The summed E-state index contributed by atoms with van der Waals surface area (Å²) in [7, 11) is 0. The third kappa shape index (κ3) is 3.39. The van der Waals surface area contributed by atoms with Gasteiger partial charge in [0.05, 0.1) is 5.41 Å². The van der Waals surface area contributed by atoms with Crippen LogP contribution in [-0.2, 0) is 0 Å². The Hall–Kier alpha value is -0.680. The molecule has 102 valence electrons. The van der Waals surface area contributed by atoms with Crippen molar-refractivity contribution in [3.8, 4) is 0 Å². The molecule has 0 nitrogen and oxygen atoms in total. The lowest BCUT2D eigenvalue weighted by atomic mass is 9.75. The summed E-state index contributed by atoms with van der Waals surface area (Å²) >= 11 is 0. The van der Waals surface area contributed by atoms with Gasteiger partial charge in [-0.2, -0.15) is 26.3 Å². The van der Waals surface area contributed by atoms with E-state index >= 15 is 0 Å². The summed E-state index contributed by atoms with van der Waals surface area (Å²) < 4.78 is 76.0. The highest BCUT2D eigenvalue weighted by atomic mass is 19.4. The van der Waals surface area contributed by atoms with Gasteiger partial charge in [0.15, 0.2) is 0 Å². The van der Waals surface area contributed by atoms with Crippen LogP contribution in [0.2, 0.25) is 0 Å². The number of hydrogen-bond donors (Lipinski definition) is 0. The van der Waals surface area contributed by atoms with Gasteiger partial charge < -0.3 is 0 Å². The fourth-order valence-corrected chi connectivity index (χ4v) is 1.93. The molecule has 0 N–H and O–H groups in total. The third-order valence-corrected chi connectivity index (χ3v) is 2.79. The Kier molecular flexibility index (Phi) is 4.35. The normalized spacial score (nSPS) is 16.2. The predicted octanol–water partition coefficient (Wildman–Crippen LogP) is 5.11. The summed E-state index contributed by atoms with van der Waals surface area (Å²) in [6, 6.07) is 0. The fraction of sp³-hybridized carbons (Fsp3) is 0.818. The SMILES string of the molecule is CC(=C(C(C)C)C(C)(C)C(F)(F)F)C(F)(F)F. The van der Waals surface area contributed by atoms with Crippen LogP contribution in [0.1, 0.15) is 34.6 Å². The van der Waals surface area contributed by atoms with E-state index in [2.05, 4.69) is 0 Å². The first-order valence-corrected chi connectivity index (χ1v) is 5.08. The maximum atomic E-state index is 12.8. The quantitative estimate of drug-likeness (QED) is 0.479. The monoisotopic (exact) mass is 262 g/mol. The number of alkyl halides is 6. The Morgan fingerprint density at radius 3 is 1.41 bits per heavy atom. The zero-order valence-electron chi connectivity index (χ0n) is 10.3. The molecular weight excluding hydrogens is 246 g/mol. The maximum absolute atomic E-state index is 12.8. The first-order valence-electron chi connectivity index (χ1n) is 5.08. The molecule has 0 aliphatic carbocycles. The van der Waals surface area contributed by atoms with Crippen LogP contribution in [0.4, 0.5) is 26.3 Å². The van der Waals surface area contributed by atoms with Crippen molar-refractivity contribution >= 4 is 0 Å². The van der Waals surface area contributed by atoms with Crippen LogP contribution in [0.5, 0.6) is 0 Å². The second-order valence-electron chi connectivity index (χ2n) is 4.81. The Bertz CT molecular complexity index is 303. The van der Waals surface area contributed by atoms with Gasteiger partial charge in [0, 0.05) is 5.57 Å². The minimum Gasteiger partial charge on any atom is -0.170 e. The molecule has 0 unspecified atom stereocenters. The second kappa shape index (κ2) is 4.53. The van der Waals surface area contributed by atoms with Gasteiger partial charge in [-0.1, -0.05) is 13.8 Å². The van der Waals surface area contributed by atoms with Crippen molar-refractivity contribution in [1.82, 2.24) is 0 Å². The number of allylic oxidation sites excluding steroid dienone is 2. The van der Waals surface area contributed by atoms with Crippen LogP contribution >= 0.6 is 0 Å². The molecule has 0 radical (unpaired) electrons. The van der Waals surface area contributed by atoms with Gasteiger partial charge in [0.1, 0.15) is 0 Å². The summed E-state index contributed by atoms with van der Waals surface area (Å²) in [5, 5.41) is 0. The fourth-order valence-electron chi connectivity index (χ4n) is 1.93. The molecule has 0 aliphatic rings. The Balaban J connectivity index is 5.90. The lowest BCUT2D eigenvalue weighted by Gasteiger charge is -2.35. The number of hydrogen-bond acceptors (Lipinski definition) is 0. The highest BCUT2D eigenvalue weighted by Gasteiger charge is 2.52. The average Bonchev–Trinajstić information content (AvgIpc) is 1.98. The highest BCUT2D eigenvalue weighted by molar-refractivity contribution is 5.26. The van der Waals surface area contributed by atoms with Crippen LogP contribution in [0.15, 0.2) is 11.1 Å². The molecule has 0 heterocycles. The van der Waals surface area contributed by atoms with Gasteiger partial charge in [-0.15, -0.1) is 0 Å². The molecule has 0 spiro atoms. The molecule has 0 atom stereocenters. The van der Waals surface area contributed by atoms with Gasteiger partial charge in [-0.05, 0) is 32.3 Å². The van der Waals surface area contributed by atoms with E-state index in [1.165, 1.54) is 13.8 Å². The van der Waals surface area contributed by atoms with Crippen molar-refractivity contribution in [3.63, 3.8) is 0 Å². The molecule has 6 heteroatoms. The van der Waals surface area contributed by atoms with Gasteiger partial charge in [0.25, 0.3) is 0 Å². The lowest BCUT2D eigenvalue weighted by Crippen LogP contribution is -2.37. The maximum Gasteiger partial charge on any atom is 0.412 e. The van der Waals surface area contributed by atoms with Crippen LogP contribution in [-0.4, -0.2) is 12.4 Å². The van der Waals surface area contributed by atoms with Crippen LogP contribution in [0.3, 0.4) is 0 Å². The van der Waals surface area contributed by atoms with E-state index < -0.39 is 34.8 Å². The van der Waals surface area contributed by atoms with E-state index in [1.54, 1.807) is 0 Å². The summed E-state index contributed by atoms with van der Waals surface area (Å²) in [5.41, 5.74) is -4.26. The van der Waals surface area contributed by atoms with Gasteiger partial charge in [0.2, 0.25) is 0 Å². The topological polar surface area (TPSA) is 0 Å². The molecule has 0 aliphatic heterocycles. The number of halogens is 6. The van der Waals surface area contributed by atoms with Crippen LogP contribution in [0.25, 0.3) is 0 Å². The second-order valence-corrected chi connectivity index (χ2v) is 4.81. The standard InChI is InChI=1S/C11H16F6/c1-6(2)8(7(3)10(12,13)14)9(4,5)11(15,16)17/h6H,1-5H3. The minimum atomic E-state index is -4.73. The van der Waals surface area contributed by atoms with Crippen molar-refractivity contribution < 1.29 is 26.3 Å². The molecule has 0 amide bonds. The number of rotatable bonds is 2. The molecule has 0 aromatic carbocycles. The predicted molar refractivity (Wildman–Crippen MR) is 53.4 cm³/mol. The Labute approximate surface area is 96.7 Å². The highest BCUT2D eigenvalue weighted by Crippen LogP contribution is 2.49. The molecule has 17 heavy (non-hydrogen) atoms. The summed E-state index contributed by atoms with van der Waals surface area (Å²) in [4.78, 5) is 0. The van der Waals surface area contributed by atoms with E-state index in [4.69, 9.17) is 0 Å². The molecule has 0 saturated carbocycles. The van der Waals surface area contributed by atoms with Crippen molar-refractivity contribution in [1.29, 1.82) is 0 Å². The molecule has 0 aromatic heterocycles. The van der Waals surface area contributed by atoms with E-state index in [-0.39, 0.29) is 0 Å². The van der Waals surface area contributed by atoms with Crippen molar-refractivity contribution in [3.05, 3.63) is 11.1 Å². The van der Waals surface area contributed by atoms with E-state index in [0.717, 1.165) is 13.8 Å². The smallest absolute Gasteiger partial charge is 0.170 e. The van der Waals surface area contributed by atoms with Crippen LogP contribution in [0, 0.1) is 11.3 Å². The first kappa shape index (κ1) is 16.3. The Morgan fingerprint density at radius 2 is 1.24 bits per heavy atom. The largest absolute Gasteiger partial charge is 0.412 e. The summed E-state index contributed by atoms with van der Waals surface area (Å²) in [6.07, 6.45) is -9.44. The molecule has 0 aromatic rings. The van der Waals surface area contributed by atoms with E-state index in [1.807, 2.05) is 0 Å². The third-order valence-electron chi connectivity index (χ3n) is 2.79. The van der Waals surface area contributed by atoms with Crippen molar-refractivity contribution in [2.75, 3.05) is 0 Å². The molecule has 0 rings (SSSR count). The molecule has 0 bridgehead atoms. The van der Waals surface area contributed by atoms with E-state index in [0.29, 0.717) is 6.92 Å². The first-order chi connectivity index (χ1) is 7.23. The van der Waals surface area contributed by atoms with Gasteiger partial charge >= 0.3 is 12.4 Å². The molecule has 0 fully saturated rings. The zero-order chi connectivity index (χ0) is 14.2. The lowest BCUT2D eigenvalue weighted by molar-refractivity contribution is -0.201. The Morgan fingerprint density at radius 1 is 0.882 bits per heavy atom. The molecular formula is C11H16F6. The van der Waals surface area contributed by atoms with Gasteiger partial charge in [-0.3, -0.25) is 0 Å². The van der Waals surface area contributed by atoms with Crippen molar-refractivity contribution in [2.24, 2.45) is 11.3 Å².